The van der Waals surface area contributed by atoms with Crippen LogP contribution in [-0.4, -0.2) is 42.0 Å². The third-order valence-corrected chi connectivity index (χ3v) is 5.50. The van der Waals surface area contributed by atoms with Crippen molar-refractivity contribution in [2.45, 2.75) is 20.8 Å². The van der Waals surface area contributed by atoms with Crippen molar-refractivity contribution in [3.8, 4) is 11.5 Å². The quantitative estimate of drug-likeness (QED) is 0.687. The lowest BCUT2D eigenvalue weighted by Crippen LogP contribution is -2.49. The zero-order chi connectivity index (χ0) is 19.7. The van der Waals surface area contributed by atoms with Crippen molar-refractivity contribution in [2.75, 3.05) is 31.1 Å². The Morgan fingerprint density at radius 2 is 1.64 bits per heavy atom. The Morgan fingerprint density at radius 3 is 2.36 bits per heavy atom. The maximum atomic E-state index is 13.0. The molecule has 1 aliphatic rings. The Morgan fingerprint density at radius 1 is 0.929 bits per heavy atom. The van der Waals surface area contributed by atoms with Gasteiger partial charge in [-0.25, -0.2) is 4.98 Å². The van der Waals surface area contributed by atoms with E-state index < -0.39 is 0 Å². The number of amides is 1. The number of nitrogens with zero attached hydrogens (tertiary/aromatic N) is 3. The van der Waals surface area contributed by atoms with E-state index in [0.29, 0.717) is 30.4 Å². The van der Waals surface area contributed by atoms with Gasteiger partial charge in [-0.05, 0) is 50.1 Å². The van der Waals surface area contributed by atoms with Gasteiger partial charge in [-0.1, -0.05) is 30.3 Å². The second kappa shape index (κ2) is 7.50. The first kappa shape index (κ1) is 18.3. The van der Waals surface area contributed by atoms with Crippen LogP contribution in [-0.2, 0) is 0 Å². The molecule has 144 valence electrons. The Balaban J connectivity index is 1.47. The number of carbonyl (C=O) groups excluding carboxylic acids is 1. The van der Waals surface area contributed by atoms with Gasteiger partial charge >= 0.3 is 0 Å². The van der Waals surface area contributed by atoms with E-state index in [1.54, 1.807) is 6.92 Å². The third kappa shape index (κ3) is 3.40. The fourth-order valence-electron chi connectivity index (χ4n) is 3.68. The van der Waals surface area contributed by atoms with Gasteiger partial charge in [-0.2, -0.15) is 0 Å². The summed E-state index contributed by atoms with van der Waals surface area (Å²) in [5.41, 5.74) is 5.16. The molecule has 1 aliphatic heterocycles. The maximum Gasteiger partial charge on any atom is 0.276 e. The largest absolute Gasteiger partial charge is 0.441 e. The van der Waals surface area contributed by atoms with Crippen LogP contribution < -0.4 is 4.90 Å². The molecule has 4 rings (SSSR count). The number of aromatic nitrogens is 1. The zero-order valence-corrected chi connectivity index (χ0v) is 16.6. The molecule has 1 fully saturated rings. The number of rotatable bonds is 3. The summed E-state index contributed by atoms with van der Waals surface area (Å²) in [6.07, 6.45) is 0. The summed E-state index contributed by atoms with van der Waals surface area (Å²) < 4.78 is 5.76. The summed E-state index contributed by atoms with van der Waals surface area (Å²) >= 11 is 0. The van der Waals surface area contributed by atoms with E-state index in [9.17, 15) is 4.79 Å². The SMILES string of the molecule is Cc1cccc(N2CCN(C(=O)c3nc(-c4ccccc4)oc3C)CC2)c1C. The van der Waals surface area contributed by atoms with Crippen molar-refractivity contribution in [3.63, 3.8) is 0 Å². The number of aryl methyl sites for hydroxylation is 2. The standard InChI is InChI=1S/C23H25N3O2/c1-16-8-7-11-20(17(16)2)25-12-14-26(15-13-25)23(27)21-18(3)28-22(24-21)19-9-5-4-6-10-19/h4-11H,12-15H2,1-3H3. The monoisotopic (exact) mass is 375 g/mol. The molecule has 3 aromatic rings. The third-order valence-electron chi connectivity index (χ3n) is 5.50. The van der Waals surface area contributed by atoms with Crippen molar-refractivity contribution in [3.05, 3.63) is 71.1 Å². The molecule has 1 aromatic heterocycles. The van der Waals surface area contributed by atoms with E-state index in [4.69, 9.17) is 4.42 Å². The first-order valence-corrected chi connectivity index (χ1v) is 9.68. The van der Waals surface area contributed by atoms with E-state index in [1.807, 2.05) is 35.2 Å². The van der Waals surface area contributed by atoms with Crippen LogP contribution in [0.3, 0.4) is 0 Å². The molecule has 1 saturated heterocycles. The Hall–Kier alpha value is -3.08. The predicted molar refractivity (Wildman–Crippen MR) is 111 cm³/mol. The number of hydrogen-bond donors (Lipinski definition) is 0. The molecule has 2 heterocycles. The van der Waals surface area contributed by atoms with Gasteiger partial charge in [0.2, 0.25) is 5.89 Å². The fraction of sp³-hybridized carbons (Fsp3) is 0.304. The number of oxazole rings is 1. The molecule has 5 nitrogen and oxygen atoms in total. The van der Waals surface area contributed by atoms with Gasteiger partial charge in [0.15, 0.2) is 5.69 Å². The molecular formula is C23H25N3O2. The molecule has 0 spiro atoms. The number of piperazine rings is 1. The Labute approximate surface area is 165 Å². The van der Waals surface area contributed by atoms with Crippen molar-refractivity contribution >= 4 is 11.6 Å². The highest BCUT2D eigenvalue weighted by Gasteiger charge is 2.27. The number of hydrogen-bond acceptors (Lipinski definition) is 4. The zero-order valence-electron chi connectivity index (χ0n) is 16.6. The van der Waals surface area contributed by atoms with Crippen molar-refractivity contribution in [1.82, 2.24) is 9.88 Å². The average molecular weight is 375 g/mol. The summed E-state index contributed by atoms with van der Waals surface area (Å²) in [5.74, 6) is 1.01. The van der Waals surface area contributed by atoms with E-state index in [0.717, 1.165) is 18.7 Å². The minimum Gasteiger partial charge on any atom is -0.441 e. The minimum atomic E-state index is -0.0518. The van der Waals surface area contributed by atoms with E-state index in [1.165, 1.54) is 16.8 Å². The molecule has 5 heteroatoms. The molecule has 0 aliphatic carbocycles. The molecule has 0 unspecified atom stereocenters. The van der Waals surface area contributed by atoms with Crippen LogP contribution in [0.1, 0.15) is 27.4 Å². The molecule has 0 atom stereocenters. The Kier molecular flexibility index (Phi) is 4.90. The summed E-state index contributed by atoms with van der Waals surface area (Å²) in [6, 6.07) is 16.1. The van der Waals surface area contributed by atoms with E-state index in [-0.39, 0.29) is 5.91 Å². The van der Waals surface area contributed by atoms with Crippen LogP contribution in [0, 0.1) is 20.8 Å². The van der Waals surface area contributed by atoms with Gasteiger partial charge in [0.05, 0.1) is 0 Å². The molecule has 1 amide bonds. The summed E-state index contributed by atoms with van der Waals surface area (Å²) in [7, 11) is 0. The summed E-state index contributed by atoms with van der Waals surface area (Å²) in [6.45, 7) is 9.09. The molecular weight excluding hydrogens is 350 g/mol. The van der Waals surface area contributed by atoms with Gasteiger partial charge in [0.1, 0.15) is 5.76 Å². The highest BCUT2D eigenvalue weighted by Crippen LogP contribution is 2.25. The average Bonchev–Trinajstić information content (AvgIpc) is 3.12. The summed E-state index contributed by atoms with van der Waals surface area (Å²) in [4.78, 5) is 21.7. The van der Waals surface area contributed by atoms with Gasteiger partial charge in [0, 0.05) is 37.4 Å². The molecule has 0 bridgehead atoms. The van der Waals surface area contributed by atoms with Crippen LogP contribution in [0.4, 0.5) is 5.69 Å². The number of anilines is 1. The van der Waals surface area contributed by atoms with Crippen molar-refractivity contribution in [1.29, 1.82) is 0 Å². The lowest BCUT2D eigenvalue weighted by atomic mass is 10.1. The van der Waals surface area contributed by atoms with Gasteiger partial charge in [0.25, 0.3) is 5.91 Å². The predicted octanol–water partition coefficient (Wildman–Crippen LogP) is 4.23. The van der Waals surface area contributed by atoms with Crippen LogP contribution >= 0.6 is 0 Å². The normalized spacial score (nSPS) is 14.4. The first-order valence-electron chi connectivity index (χ1n) is 9.68. The van der Waals surface area contributed by atoms with Crippen LogP contribution in [0.25, 0.3) is 11.5 Å². The van der Waals surface area contributed by atoms with Gasteiger partial charge in [-0.3, -0.25) is 4.79 Å². The lowest BCUT2D eigenvalue weighted by molar-refractivity contribution is 0.0740. The maximum absolute atomic E-state index is 13.0. The lowest BCUT2D eigenvalue weighted by Gasteiger charge is -2.36. The smallest absolute Gasteiger partial charge is 0.276 e. The minimum absolute atomic E-state index is 0.0518. The fourth-order valence-corrected chi connectivity index (χ4v) is 3.68. The molecule has 28 heavy (non-hydrogen) atoms. The summed E-state index contributed by atoms with van der Waals surface area (Å²) in [5, 5.41) is 0. The number of carbonyl (C=O) groups is 1. The molecule has 0 N–H and O–H groups in total. The molecule has 0 radical (unpaired) electrons. The van der Waals surface area contributed by atoms with Crippen molar-refractivity contribution < 1.29 is 9.21 Å². The van der Waals surface area contributed by atoms with Crippen LogP contribution in [0.15, 0.2) is 52.9 Å². The molecule has 2 aromatic carbocycles. The number of benzene rings is 2. The van der Waals surface area contributed by atoms with E-state index >= 15 is 0 Å². The van der Waals surface area contributed by atoms with E-state index in [2.05, 4.69) is 41.9 Å². The van der Waals surface area contributed by atoms with Crippen LogP contribution in [0.5, 0.6) is 0 Å². The topological polar surface area (TPSA) is 49.6 Å². The van der Waals surface area contributed by atoms with Gasteiger partial charge < -0.3 is 14.2 Å². The van der Waals surface area contributed by atoms with Crippen molar-refractivity contribution in [2.24, 2.45) is 0 Å². The van der Waals surface area contributed by atoms with Gasteiger partial charge in [-0.15, -0.1) is 0 Å². The molecule has 0 saturated carbocycles. The second-order valence-electron chi connectivity index (χ2n) is 7.29. The highest BCUT2D eigenvalue weighted by atomic mass is 16.4. The highest BCUT2D eigenvalue weighted by molar-refractivity contribution is 5.94. The second-order valence-corrected chi connectivity index (χ2v) is 7.29. The Bertz CT molecular complexity index is 986. The van der Waals surface area contributed by atoms with Crippen LogP contribution in [0.2, 0.25) is 0 Å². The first-order chi connectivity index (χ1) is 13.5.